The van der Waals surface area contributed by atoms with Gasteiger partial charge in [-0.1, -0.05) is 67.3 Å². The van der Waals surface area contributed by atoms with Crippen LogP contribution in [0.1, 0.15) is 41.3 Å². The molecular weight excluding hydrogens is 458 g/mol. The molecule has 2 aromatic rings. The number of rotatable bonds is 8. The van der Waals surface area contributed by atoms with Crippen molar-refractivity contribution in [1.82, 2.24) is 15.8 Å². The van der Waals surface area contributed by atoms with Crippen molar-refractivity contribution in [2.45, 2.75) is 26.2 Å². The van der Waals surface area contributed by atoms with Gasteiger partial charge in [0.05, 0.1) is 17.6 Å². The summed E-state index contributed by atoms with van der Waals surface area (Å²) in [5, 5.41) is 0. The van der Waals surface area contributed by atoms with E-state index in [1.807, 2.05) is 30.3 Å². The van der Waals surface area contributed by atoms with Gasteiger partial charge in [-0.2, -0.15) is 0 Å². The monoisotopic (exact) mass is 483 g/mol. The number of thioether (sulfide) groups is 1. The highest BCUT2D eigenvalue weighted by Gasteiger charge is 2.31. The molecule has 1 saturated heterocycles. The molecule has 0 radical (unpaired) electrons. The maximum atomic E-state index is 12.7. The Labute approximate surface area is 202 Å². The fraction of sp³-hybridized carbons (Fsp3) is 0.250. The average Bonchev–Trinajstić information content (AvgIpc) is 3.10. The number of thiocarbonyl (C=S) groups is 1. The topological polar surface area (TPSA) is 87.7 Å². The molecule has 0 spiro atoms. The van der Waals surface area contributed by atoms with Crippen molar-refractivity contribution in [3.05, 3.63) is 70.1 Å². The van der Waals surface area contributed by atoms with E-state index in [1.54, 1.807) is 24.3 Å². The van der Waals surface area contributed by atoms with Crippen molar-refractivity contribution in [1.29, 1.82) is 0 Å². The number of methoxy groups -OCH3 is 1. The summed E-state index contributed by atoms with van der Waals surface area (Å²) in [6.45, 7) is 2.42. The zero-order chi connectivity index (χ0) is 23.8. The van der Waals surface area contributed by atoms with Crippen LogP contribution in [0.15, 0.2) is 53.4 Å². The number of hydrogen-bond donors (Lipinski definition) is 2. The minimum atomic E-state index is -0.477. The first-order valence-corrected chi connectivity index (χ1v) is 11.7. The highest BCUT2D eigenvalue weighted by atomic mass is 32.2. The van der Waals surface area contributed by atoms with Gasteiger partial charge in [0, 0.05) is 13.0 Å². The number of carbonyl (C=O) groups excluding carboxylic acids is 3. The van der Waals surface area contributed by atoms with E-state index in [0.29, 0.717) is 33.5 Å². The molecule has 3 rings (SSSR count). The lowest BCUT2D eigenvalue weighted by Crippen LogP contribution is -2.42. The van der Waals surface area contributed by atoms with E-state index in [9.17, 15) is 14.4 Å². The van der Waals surface area contributed by atoms with Gasteiger partial charge in [-0.05, 0) is 42.2 Å². The second-order valence-corrected chi connectivity index (χ2v) is 8.91. The fourth-order valence-electron chi connectivity index (χ4n) is 3.18. The first-order chi connectivity index (χ1) is 15.9. The zero-order valence-electron chi connectivity index (χ0n) is 18.4. The van der Waals surface area contributed by atoms with Crippen molar-refractivity contribution in [2.75, 3.05) is 13.7 Å². The van der Waals surface area contributed by atoms with Gasteiger partial charge < -0.3 is 4.74 Å². The summed E-state index contributed by atoms with van der Waals surface area (Å²) >= 11 is 6.61. The number of carbonyl (C=O) groups is 3. The van der Waals surface area contributed by atoms with Crippen LogP contribution in [0.2, 0.25) is 0 Å². The highest BCUT2D eigenvalue weighted by Crippen LogP contribution is 2.32. The van der Waals surface area contributed by atoms with Crippen LogP contribution in [0.5, 0.6) is 5.75 Å². The maximum Gasteiger partial charge on any atom is 0.273 e. The minimum Gasteiger partial charge on any atom is -0.496 e. The molecule has 172 valence electrons. The van der Waals surface area contributed by atoms with Crippen LogP contribution < -0.4 is 15.6 Å². The lowest BCUT2D eigenvalue weighted by molar-refractivity contribution is -0.124. The molecule has 0 aromatic heterocycles. The van der Waals surface area contributed by atoms with Gasteiger partial charge in [0.1, 0.15) is 10.1 Å². The first-order valence-electron chi connectivity index (χ1n) is 10.5. The van der Waals surface area contributed by atoms with Gasteiger partial charge in [0.2, 0.25) is 5.91 Å². The van der Waals surface area contributed by atoms with Crippen molar-refractivity contribution < 1.29 is 19.1 Å². The summed E-state index contributed by atoms with van der Waals surface area (Å²) in [7, 11) is 1.47. The number of amides is 3. The van der Waals surface area contributed by atoms with E-state index in [4.69, 9.17) is 17.0 Å². The Bertz CT molecular complexity index is 1080. The molecule has 0 aliphatic carbocycles. The first kappa shape index (κ1) is 24.5. The van der Waals surface area contributed by atoms with Gasteiger partial charge in [-0.25, -0.2) is 0 Å². The number of benzene rings is 2. The average molecular weight is 484 g/mol. The number of nitrogens with zero attached hydrogens (tertiary/aromatic N) is 1. The molecule has 0 unspecified atom stereocenters. The lowest BCUT2D eigenvalue weighted by Gasteiger charge is -2.14. The molecule has 0 atom stereocenters. The second kappa shape index (κ2) is 11.6. The molecule has 3 amide bonds. The van der Waals surface area contributed by atoms with Crippen LogP contribution in [-0.2, 0) is 16.0 Å². The maximum absolute atomic E-state index is 12.7. The molecule has 33 heavy (non-hydrogen) atoms. The Balaban J connectivity index is 1.47. The number of aryl methyl sites for hydroxylation is 1. The molecule has 1 aliphatic heterocycles. The summed E-state index contributed by atoms with van der Waals surface area (Å²) in [5.41, 5.74) is 7.25. The molecular formula is C24H25N3O4S2. The van der Waals surface area contributed by atoms with E-state index in [-0.39, 0.29) is 18.2 Å². The Morgan fingerprint density at radius 1 is 1.12 bits per heavy atom. The highest BCUT2D eigenvalue weighted by molar-refractivity contribution is 8.26. The Kier molecular flexibility index (Phi) is 8.62. The number of para-hydroxylation sites is 1. The predicted octanol–water partition coefficient (Wildman–Crippen LogP) is 3.70. The van der Waals surface area contributed by atoms with E-state index in [1.165, 1.54) is 29.3 Å². The van der Waals surface area contributed by atoms with Crippen molar-refractivity contribution in [3.63, 3.8) is 0 Å². The summed E-state index contributed by atoms with van der Waals surface area (Å²) in [4.78, 5) is 39.2. The molecule has 0 bridgehead atoms. The largest absolute Gasteiger partial charge is 0.496 e. The van der Waals surface area contributed by atoms with E-state index in [2.05, 4.69) is 17.8 Å². The Morgan fingerprint density at radius 2 is 1.85 bits per heavy atom. The molecule has 9 heteroatoms. The summed E-state index contributed by atoms with van der Waals surface area (Å²) < 4.78 is 5.62. The number of hydrogen-bond acceptors (Lipinski definition) is 6. The molecule has 1 heterocycles. The third kappa shape index (κ3) is 6.43. The molecule has 7 nitrogen and oxygen atoms in total. The van der Waals surface area contributed by atoms with Crippen LogP contribution >= 0.6 is 24.0 Å². The van der Waals surface area contributed by atoms with Crippen LogP contribution in [0.4, 0.5) is 0 Å². The van der Waals surface area contributed by atoms with Crippen molar-refractivity contribution in [2.24, 2.45) is 0 Å². The minimum absolute atomic E-state index is 0.126. The Morgan fingerprint density at radius 3 is 2.55 bits per heavy atom. The molecule has 1 aliphatic rings. The smallest absolute Gasteiger partial charge is 0.273 e. The van der Waals surface area contributed by atoms with Gasteiger partial charge in [-0.15, -0.1) is 0 Å². The van der Waals surface area contributed by atoms with Gasteiger partial charge in [-0.3, -0.25) is 30.1 Å². The summed E-state index contributed by atoms with van der Waals surface area (Å²) in [6.07, 6.45) is 3.32. The van der Waals surface area contributed by atoms with E-state index >= 15 is 0 Å². The quantitative estimate of drug-likeness (QED) is 0.338. The molecule has 2 N–H and O–H groups in total. The summed E-state index contributed by atoms with van der Waals surface area (Å²) in [6, 6.07) is 14.8. The van der Waals surface area contributed by atoms with Crippen LogP contribution in [0, 0.1) is 0 Å². The molecule has 1 fully saturated rings. The van der Waals surface area contributed by atoms with Crippen LogP contribution in [-0.4, -0.2) is 40.6 Å². The van der Waals surface area contributed by atoms with Gasteiger partial charge in [0.15, 0.2) is 0 Å². The van der Waals surface area contributed by atoms with E-state index in [0.717, 1.165) is 12.0 Å². The van der Waals surface area contributed by atoms with Gasteiger partial charge >= 0.3 is 0 Å². The van der Waals surface area contributed by atoms with E-state index < -0.39 is 5.91 Å². The summed E-state index contributed by atoms with van der Waals surface area (Å²) in [5.74, 6) is -0.590. The lowest BCUT2D eigenvalue weighted by atomic mass is 10.1. The van der Waals surface area contributed by atoms with Gasteiger partial charge in [0.25, 0.3) is 11.8 Å². The van der Waals surface area contributed by atoms with Crippen LogP contribution in [0.3, 0.4) is 0 Å². The van der Waals surface area contributed by atoms with Crippen molar-refractivity contribution in [3.8, 4) is 5.75 Å². The number of nitrogens with one attached hydrogen (secondary N) is 2. The number of hydrazine groups is 1. The standard InChI is InChI=1S/C24H25N3O4S2/c1-3-16-10-12-17(13-11-16)15-20-23(30)27(24(32)33-20)14-6-9-21(28)25-26-22(29)18-7-4-5-8-19(18)31-2/h4-5,7-8,10-13,15H,3,6,9,14H2,1-2H3,(H,25,28)(H,26,29)/b20-15-. The number of ether oxygens (including phenoxy) is 1. The molecule has 0 saturated carbocycles. The zero-order valence-corrected chi connectivity index (χ0v) is 20.1. The SMILES string of the molecule is CCc1ccc(/C=C2\SC(=S)N(CCCC(=O)NNC(=O)c3ccccc3OC)C2=O)cc1. The fourth-order valence-corrected chi connectivity index (χ4v) is 4.49. The second-order valence-electron chi connectivity index (χ2n) is 7.23. The predicted molar refractivity (Wildman–Crippen MR) is 134 cm³/mol. The van der Waals surface area contributed by atoms with Crippen molar-refractivity contribution >= 4 is 52.1 Å². The Hall–Kier alpha value is -3.17. The normalized spacial score (nSPS) is 14.5. The third-order valence-electron chi connectivity index (χ3n) is 5.01. The third-order valence-corrected chi connectivity index (χ3v) is 6.39. The van der Waals surface area contributed by atoms with Crippen LogP contribution in [0.25, 0.3) is 6.08 Å². The molecule has 2 aromatic carbocycles.